The van der Waals surface area contributed by atoms with Crippen molar-refractivity contribution in [1.29, 1.82) is 0 Å². The number of urea groups is 1. The molecule has 2 aromatic rings. The van der Waals surface area contributed by atoms with Gasteiger partial charge < -0.3 is 14.7 Å². The van der Waals surface area contributed by atoms with Gasteiger partial charge in [0.05, 0.1) is 6.04 Å². The van der Waals surface area contributed by atoms with Crippen molar-refractivity contribution in [2.75, 3.05) is 13.1 Å². The maximum Gasteiger partial charge on any atom is 0.317 e. The Kier molecular flexibility index (Phi) is 5.54. The molecule has 1 aliphatic rings. The van der Waals surface area contributed by atoms with E-state index in [1.807, 2.05) is 17.9 Å². The van der Waals surface area contributed by atoms with Crippen LogP contribution in [0.4, 0.5) is 9.18 Å². The Morgan fingerprint density at radius 1 is 1.46 bits per heavy atom. The highest BCUT2D eigenvalue weighted by atomic mass is 19.1. The number of likely N-dealkylation sites (tertiary alicyclic amines) is 1. The van der Waals surface area contributed by atoms with Crippen LogP contribution in [-0.4, -0.2) is 34.2 Å². The van der Waals surface area contributed by atoms with Gasteiger partial charge in [0.25, 0.3) is 0 Å². The number of halogens is 1. The van der Waals surface area contributed by atoms with Crippen LogP contribution in [0.15, 0.2) is 22.7 Å². The van der Waals surface area contributed by atoms with Crippen molar-refractivity contribution >= 4 is 6.03 Å². The number of hydrogen-bond donors (Lipinski definition) is 1. The summed E-state index contributed by atoms with van der Waals surface area (Å²) in [4.78, 5) is 18.7. The van der Waals surface area contributed by atoms with Gasteiger partial charge in [-0.2, -0.15) is 4.98 Å². The van der Waals surface area contributed by atoms with Gasteiger partial charge in [-0.3, -0.25) is 0 Å². The highest BCUT2D eigenvalue weighted by Crippen LogP contribution is 2.21. The van der Waals surface area contributed by atoms with E-state index < -0.39 is 0 Å². The van der Waals surface area contributed by atoms with Gasteiger partial charge in [-0.1, -0.05) is 17.3 Å². The maximum atomic E-state index is 13.7. The van der Waals surface area contributed by atoms with Crippen molar-refractivity contribution < 1.29 is 13.7 Å². The summed E-state index contributed by atoms with van der Waals surface area (Å²) in [5, 5.41) is 6.91. The molecule has 2 amide bonds. The van der Waals surface area contributed by atoms with Crippen LogP contribution in [0.2, 0.25) is 0 Å². The van der Waals surface area contributed by atoms with Crippen LogP contribution in [0.3, 0.4) is 0 Å². The first-order valence-electron chi connectivity index (χ1n) is 9.03. The zero-order valence-electron chi connectivity index (χ0n) is 15.5. The molecule has 2 atom stereocenters. The van der Waals surface area contributed by atoms with E-state index >= 15 is 0 Å². The number of piperidine rings is 1. The van der Waals surface area contributed by atoms with Crippen LogP contribution in [-0.2, 0) is 6.42 Å². The third kappa shape index (κ3) is 4.39. The number of aromatic nitrogens is 2. The molecule has 0 aliphatic carbocycles. The van der Waals surface area contributed by atoms with Gasteiger partial charge in [0.2, 0.25) is 5.89 Å². The summed E-state index contributed by atoms with van der Waals surface area (Å²) >= 11 is 0. The quantitative estimate of drug-likeness (QED) is 0.905. The minimum Gasteiger partial charge on any atom is -0.340 e. The molecule has 1 fully saturated rings. The second kappa shape index (κ2) is 7.85. The topological polar surface area (TPSA) is 71.3 Å². The second-order valence-electron chi connectivity index (χ2n) is 7.07. The predicted molar refractivity (Wildman–Crippen MR) is 95.1 cm³/mol. The maximum absolute atomic E-state index is 13.7. The van der Waals surface area contributed by atoms with Gasteiger partial charge in [0, 0.05) is 26.4 Å². The first-order valence-corrected chi connectivity index (χ1v) is 9.03. The van der Waals surface area contributed by atoms with Gasteiger partial charge in [-0.15, -0.1) is 0 Å². The minimum atomic E-state index is -0.253. The molecule has 0 saturated carbocycles. The Morgan fingerprint density at radius 3 is 2.96 bits per heavy atom. The van der Waals surface area contributed by atoms with E-state index in [9.17, 15) is 9.18 Å². The minimum absolute atomic E-state index is 0.118. The zero-order chi connectivity index (χ0) is 18.7. The summed E-state index contributed by atoms with van der Waals surface area (Å²) in [5.41, 5.74) is 1.36. The molecule has 0 bridgehead atoms. The van der Waals surface area contributed by atoms with Gasteiger partial charge in [0.15, 0.2) is 5.82 Å². The molecule has 26 heavy (non-hydrogen) atoms. The fraction of sp³-hybridized carbons (Fsp3) is 0.526. The number of hydrogen-bond acceptors (Lipinski definition) is 4. The summed E-state index contributed by atoms with van der Waals surface area (Å²) in [6.07, 6.45) is 2.69. The lowest BCUT2D eigenvalue weighted by atomic mass is 9.94. The summed E-state index contributed by atoms with van der Waals surface area (Å²) in [6.45, 7) is 6.75. The van der Waals surface area contributed by atoms with E-state index in [1.54, 1.807) is 19.9 Å². The molecule has 7 heteroatoms. The highest BCUT2D eigenvalue weighted by Gasteiger charge is 2.26. The molecular formula is C19H25FN4O2. The van der Waals surface area contributed by atoms with Crippen molar-refractivity contribution in [3.05, 3.63) is 46.9 Å². The van der Waals surface area contributed by atoms with Gasteiger partial charge in [-0.05, 0) is 49.8 Å². The molecule has 140 valence electrons. The van der Waals surface area contributed by atoms with Crippen molar-refractivity contribution in [3.8, 4) is 0 Å². The van der Waals surface area contributed by atoms with Crippen LogP contribution in [0.1, 0.15) is 48.6 Å². The number of carbonyl (C=O) groups is 1. The Bertz CT molecular complexity index is 777. The number of nitrogens with zero attached hydrogens (tertiary/aromatic N) is 3. The number of nitrogens with one attached hydrogen (secondary N) is 1. The summed E-state index contributed by atoms with van der Waals surface area (Å²) in [6, 6.07) is 4.70. The first-order chi connectivity index (χ1) is 12.4. The molecule has 2 unspecified atom stereocenters. The van der Waals surface area contributed by atoms with Gasteiger partial charge in [0.1, 0.15) is 5.82 Å². The number of rotatable bonds is 4. The molecule has 1 aromatic heterocycles. The average Bonchev–Trinajstić information content (AvgIpc) is 3.02. The lowest BCUT2D eigenvalue weighted by molar-refractivity contribution is 0.161. The standard InChI is InChI=1S/C19H25FN4O2/c1-12-6-7-16(10-17(12)20)13(2)21-19(25)24-8-4-5-15(11-24)9-18-22-14(3)26-23-18/h6-7,10,13,15H,4-5,8-9,11H2,1-3H3,(H,21,25). The summed E-state index contributed by atoms with van der Waals surface area (Å²) in [7, 11) is 0. The van der Waals surface area contributed by atoms with E-state index in [0.717, 1.165) is 24.9 Å². The Balaban J connectivity index is 1.57. The van der Waals surface area contributed by atoms with E-state index in [0.29, 0.717) is 36.2 Å². The van der Waals surface area contributed by atoms with Crippen molar-refractivity contribution in [3.63, 3.8) is 0 Å². The average molecular weight is 360 g/mol. The molecule has 3 rings (SSSR count). The van der Waals surface area contributed by atoms with Gasteiger partial charge >= 0.3 is 6.03 Å². The SMILES string of the molecule is Cc1nc(CC2CCCN(C(=O)NC(C)c3ccc(C)c(F)c3)C2)no1. The molecule has 2 heterocycles. The van der Waals surface area contributed by atoms with E-state index in [1.165, 1.54) is 6.07 Å². The molecule has 6 nitrogen and oxygen atoms in total. The highest BCUT2D eigenvalue weighted by molar-refractivity contribution is 5.74. The number of aryl methyl sites for hydroxylation is 2. The molecule has 1 saturated heterocycles. The van der Waals surface area contributed by atoms with Crippen molar-refractivity contribution in [1.82, 2.24) is 20.4 Å². The largest absolute Gasteiger partial charge is 0.340 e. The van der Waals surface area contributed by atoms with Crippen LogP contribution in [0, 0.1) is 25.6 Å². The van der Waals surface area contributed by atoms with E-state index in [2.05, 4.69) is 15.5 Å². The third-order valence-corrected chi connectivity index (χ3v) is 4.88. The number of benzene rings is 1. The molecule has 1 aromatic carbocycles. The molecule has 1 aliphatic heterocycles. The summed E-state index contributed by atoms with van der Waals surface area (Å²) in [5.74, 6) is 1.32. The van der Waals surface area contributed by atoms with Gasteiger partial charge in [-0.25, -0.2) is 9.18 Å². The lowest BCUT2D eigenvalue weighted by Crippen LogP contribution is -2.46. The first kappa shape index (κ1) is 18.4. The molecular weight excluding hydrogens is 335 g/mol. The summed E-state index contributed by atoms with van der Waals surface area (Å²) < 4.78 is 18.8. The smallest absolute Gasteiger partial charge is 0.317 e. The van der Waals surface area contributed by atoms with E-state index in [-0.39, 0.29) is 17.9 Å². The Morgan fingerprint density at radius 2 is 2.27 bits per heavy atom. The number of amides is 2. The van der Waals surface area contributed by atoms with Crippen molar-refractivity contribution in [2.45, 2.75) is 46.1 Å². The Labute approximate surface area is 152 Å². The molecule has 0 spiro atoms. The van der Waals surface area contributed by atoms with E-state index in [4.69, 9.17) is 4.52 Å². The number of carbonyl (C=O) groups excluding carboxylic acids is 1. The van der Waals surface area contributed by atoms with Crippen LogP contribution < -0.4 is 5.32 Å². The zero-order valence-corrected chi connectivity index (χ0v) is 15.5. The fourth-order valence-electron chi connectivity index (χ4n) is 3.34. The fourth-order valence-corrected chi connectivity index (χ4v) is 3.34. The molecule has 0 radical (unpaired) electrons. The second-order valence-corrected chi connectivity index (χ2v) is 7.07. The predicted octanol–water partition coefficient (Wildman–Crippen LogP) is 3.55. The van der Waals surface area contributed by atoms with Crippen LogP contribution >= 0.6 is 0 Å². The van der Waals surface area contributed by atoms with Crippen LogP contribution in [0.25, 0.3) is 0 Å². The van der Waals surface area contributed by atoms with Crippen molar-refractivity contribution in [2.24, 2.45) is 5.92 Å². The van der Waals surface area contributed by atoms with Crippen LogP contribution in [0.5, 0.6) is 0 Å². The lowest BCUT2D eigenvalue weighted by Gasteiger charge is -2.33. The normalized spacial score (nSPS) is 18.6. The third-order valence-electron chi connectivity index (χ3n) is 4.88. The molecule has 1 N–H and O–H groups in total. The Hall–Kier alpha value is -2.44. The monoisotopic (exact) mass is 360 g/mol.